The fourth-order valence-electron chi connectivity index (χ4n) is 0. The van der Waals surface area contributed by atoms with E-state index < -0.39 is 7.82 Å². The molecule has 0 heterocycles. The van der Waals surface area contributed by atoms with Crippen LogP contribution in [0, 0.1) is 0 Å². The Morgan fingerprint density at radius 1 is 1.14 bits per heavy atom. The van der Waals surface area contributed by atoms with E-state index >= 15 is 0 Å². The van der Waals surface area contributed by atoms with Crippen LogP contribution in [-0.2, 0) is 21.6 Å². The van der Waals surface area contributed by atoms with E-state index in [1.807, 2.05) is 0 Å². The Kier molecular flexibility index (Phi) is 10.7. The quantitative estimate of drug-likeness (QED) is 0.344. The zero-order valence-corrected chi connectivity index (χ0v) is 4.55. The van der Waals surface area contributed by atoms with Crippen molar-refractivity contribution in [3.8, 4) is 0 Å². The topological polar surface area (TPSA) is 77.8 Å². The van der Waals surface area contributed by atoms with Crippen LogP contribution in [0.25, 0.3) is 0 Å². The van der Waals surface area contributed by atoms with Gasteiger partial charge in [0.1, 0.15) is 0 Å². The first kappa shape index (κ1) is 15.6. The molecule has 0 fully saturated rings. The molecular formula is CH7FeO4P. The molecule has 0 amide bonds. The van der Waals surface area contributed by atoms with Gasteiger partial charge in [-0.15, -0.1) is 0 Å². The molecule has 0 aromatic heterocycles. The zero-order valence-electron chi connectivity index (χ0n) is 2.55. The van der Waals surface area contributed by atoms with Crippen LogP contribution in [0.1, 0.15) is 7.43 Å². The van der Waals surface area contributed by atoms with Gasteiger partial charge in [-0.1, -0.05) is 7.43 Å². The molecule has 0 aliphatic heterocycles. The minimum atomic E-state index is -4.64. The molecule has 0 saturated heterocycles. The van der Waals surface area contributed by atoms with E-state index in [-0.39, 0.29) is 24.5 Å². The van der Waals surface area contributed by atoms with Crippen molar-refractivity contribution in [1.82, 2.24) is 0 Å². The Bertz CT molecular complexity index is 57.8. The summed E-state index contributed by atoms with van der Waals surface area (Å²) in [6, 6.07) is 0. The van der Waals surface area contributed by atoms with Crippen LogP contribution < -0.4 is 0 Å². The molecule has 0 spiro atoms. The molecule has 0 atom stereocenters. The Morgan fingerprint density at radius 2 is 1.14 bits per heavy atom. The number of phosphoric acid groups is 1. The molecule has 7 heavy (non-hydrogen) atoms. The van der Waals surface area contributed by atoms with Crippen LogP contribution in [-0.4, -0.2) is 14.7 Å². The standard InChI is InChI=1S/CH4.Fe.H3O4P/c;;1-5(2,3)4/h1H4;;(H3,1,2,3,4). The fourth-order valence-corrected chi connectivity index (χ4v) is 0. The normalized spacial score (nSPS) is 8.43. The van der Waals surface area contributed by atoms with E-state index in [0.29, 0.717) is 0 Å². The van der Waals surface area contributed by atoms with Gasteiger partial charge in [0.25, 0.3) is 0 Å². The summed E-state index contributed by atoms with van der Waals surface area (Å²) in [6.45, 7) is 0. The van der Waals surface area contributed by atoms with Crippen LogP contribution in [0.3, 0.4) is 0 Å². The summed E-state index contributed by atoms with van der Waals surface area (Å²) in [5, 5.41) is 0. The van der Waals surface area contributed by atoms with Gasteiger partial charge < -0.3 is 14.7 Å². The smallest absolute Gasteiger partial charge is 0.303 e. The van der Waals surface area contributed by atoms with E-state index in [9.17, 15) is 0 Å². The third-order valence-corrected chi connectivity index (χ3v) is 0. The molecule has 6 heteroatoms. The van der Waals surface area contributed by atoms with Crippen molar-refractivity contribution in [3.05, 3.63) is 0 Å². The van der Waals surface area contributed by atoms with Gasteiger partial charge >= 0.3 is 7.82 Å². The predicted octanol–water partition coefficient (Wildman–Crippen LogP) is -0.295. The monoisotopic (exact) mass is 170 g/mol. The van der Waals surface area contributed by atoms with Crippen LogP contribution in [0.5, 0.6) is 0 Å². The first-order chi connectivity index (χ1) is 2.00. The summed E-state index contributed by atoms with van der Waals surface area (Å²) in [5.74, 6) is 0. The van der Waals surface area contributed by atoms with Crippen LogP contribution in [0.2, 0.25) is 0 Å². The molecule has 0 aliphatic rings. The van der Waals surface area contributed by atoms with Crippen LogP contribution in [0.4, 0.5) is 0 Å². The molecular weight excluding hydrogens is 163 g/mol. The molecule has 0 unspecified atom stereocenters. The van der Waals surface area contributed by atoms with Gasteiger partial charge in [0, 0.05) is 17.1 Å². The molecule has 0 aliphatic carbocycles. The second-order valence-corrected chi connectivity index (χ2v) is 1.54. The Labute approximate surface area is 52.3 Å². The fraction of sp³-hybridized carbons (Fsp3) is 1.00. The second-order valence-electron chi connectivity index (χ2n) is 0.513. The van der Waals surface area contributed by atoms with Gasteiger partial charge in [0.05, 0.1) is 0 Å². The predicted molar refractivity (Wildman–Crippen MR) is 21.0 cm³/mol. The van der Waals surface area contributed by atoms with Crippen molar-refractivity contribution in [2.75, 3.05) is 0 Å². The van der Waals surface area contributed by atoms with E-state index in [1.165, 1.54) is 0 Å². The summed E-state index contributed by atoms with van der Waals surface area (Å²) in [4.78, 5) is 21.6. The first-order valence-electron chi connectivity index (χ1n) is 0.783. The second kappa shape index (κ2) is 4.78. The Morgan fingerprint density at radius 3 is 1.14 bits per heavy atom. The maximum atomic E-state index is 8.88. The van der Waals surface area contributed by atoms with E-state index in [2.05, 4.69) is 0 Å². The molecule has 0 aromatic carbocycles. The summed E-state index contributed by atoms with van der Waals surface area (Å²) in [6.07, 6.45) is 0. The molecule has 0 rings (SSSR count). The van der Waals surface area contributed by atoms with Crippen LogP contribution >= 0.6 is 7.82 Å². The van der Waals surface area contributed by atoms with Gasteiger partial charge in [0.15, 0.2) is 0 Å². The number of hydrogen-bond donors (Lipinski definition) is 3. The van der Waals surface area contributed by atoms with Crippen molar-refractivity contribution < 1.29 is 36.3 Å². The molecule has 0 aromatic rings. The van der Waals surface area contributed by atoms with E-state index in [0.717, 1.165) is 0 Å². The average molecular weight is 170 g/mol. The van der Waals surface area contributed by atoms with E-state index in [1.54, 1.807) is 0 Å². The molecule has 0 radical (unpaired) electrons. The Balaban J connectivity index is -0.0000000800. The third kappa shape index (κ3) is 359. The molecule has 0 bridgehead atoms. The van der Waals surface area contributed by atoms with E-state index in [4.69, 9.17) is 19.2 Å². The number of hydrogen-bond acceptors (Lipinski definition) is 1. The molecule has 48 valence electrons. The van der Waals surface area contributed by atoms with Crippen molar-refractivity contribution >= 4 is 7.82 Å². The van der Waals surface area contributed by atoms with Crippen molar-refractivity contribution in [1.29, 1.82) is 0 Å². The summed E-state index contributed by atoms with van der Waals surface area (Å²) in [5.41, 5.74) is 0. The van der Waals surface area contributed by atoms with Gasteiger partial charge in [0.2, 0.25) is 0 Å². The summed E-state index contributed by atoms with van der Waals surface area (Å²) in [7, 11) is -4.64. The minimum absolute atomic E-state index is 0. The SMILES string of the molecule is C.O=P(O)(O)O.[Fe]. The molecule has 4 nitrogen and oxygen atoms in total. The summed E-state index contributed by atoms with van der Waals surface area (Å²) < 4.78 is 8.88. The van der Waals surface area contributed by atoms with Crippen LogP contribution in [0.15, 0.2) is 0 Å². The average Bonchev–Trinajstić information content (AvgIpc) is 0.722. The van der Waals surface area contributed by atoms with Gasteiger partial charge in [-0.2, -0.15) is 0 Å². The first-order valence-corrected chi connectivity index (χ1v) is 2.35. The Hall–Kier alpha value is 0.629. The largest absolute Gasteiger partial charge is 0.466 e. The summed E-state index contributed by atoms with van der Waals surface area (Å²) >= 11 is 0. The number of rotatable bonds is 0. The van der Waals surface area contributed by atoms with Gasteiger partial charge in [-0.3, -0.25) is 0 Å². The van der Waals surface area contributed by atoms with Gasteiger partial charge in [-0.05, 0) is 0 Å². The zero-order chi connectivity index (χ0) is 4.50. The third-order valence-electron chi connectivity index (χ3n) is 0. The van der Waals surface area contributed by atoms with Gasteiger partial charge in [-0.25, -0.2) is 4.57 Å². The van der Waals surface area contributed by atoms with Crippen molar-refractivity contribution in [2.24, 2.45) is 0 Å². The molecule has 0 saturated carbocycles. The minimum Gasteiger partial charge on any atom is -0.303 e. The van der Waals surface area contributed by atoms with Crippen molar-refractivity contribution in [3.63, 3.8) is 0 Å². The molecule has 3 N–H and O–H groups in total. The maximum Gasteiger partial charge on any atom is 0.466 e. The van der Waals surface area contributed by atoms with Crippen molar-refractivity contribution in [2.45, 2.75) is 7.43 Å². The maximum absolute atomic E-state index is 8.88.